The maximum Gasteiger partial charge on any atom is 0.0594 e. The van der Waals surface area contributed by atoms with Crippen molar-refractivity contribution in [3.63, 3.8) is 0 Å². The molecule has 0 amide bonds. The summed E-state index contributed by atoms with van der Waals surface area (Å²) in [5, 5.41) is 3.65. The maximum atomic E-state index is 5.40. The first-order valence-corrected chi connectivity index (χ1v) is 6.90. The van der Waals surface area contributed by atoms with Gasteiger partial charge in [-0.2, -0.15) is 0 Å². The normalized spacial score (nSPS) is 22.4. The van der Waals surface area contributed by atoms with Crippen molar-refractivity contribution in [2.24, 2.45) is 5.41 Å². The Morgan fingerprint density at radius 3 is 2.18 bits per heavy atom. The van der Waals surface area contributed by atoms with Crippen LogP contribution in [-0.4, -0.2) is 49.8 Å². The molecule has 1 N–H and O–H groups in total. The predicted octanol–water partition coefficient (Wildman–Crippen LogP) is 2.12. The molecule has 1 unspecified atom stereocenters. The zero-order valence-corrected chi connectivity index (χ0v) is 12.3. The highest BCUT2D eigenvalue weighted by atomic mass is 16.5. The Bertz CT molecular complexity index is 219. The van der Waals surface area contributed by atoms with Crippen LogP contribution >= 0.6 is 0 Å². The summed E-state index contributed by atoms with van der Waals surface area (Å²) in [6.45, 7) is 17.6. The molecule has 0 radical (unpaired) electrons. The first-order valence-electron chi connectivity index (χ1n) is 6.90. The average Bonchev–Trinajstić information content (AvgIpc) is 2.27. The monoisotopic (exact) mass is 242 g/mol. The molecule has 0 aromatic heterocycles. The van der Waals surface area contributed by atoms with Gasteiger partial charge in [0.05, 0.1) is 13.2 Å². The molecule has 0 aromatic rings. The fourth-order valence-electron chi connectivity index (χ4n) is 2.07. The van der Waals surface area contributed by atoms with Gasteiger partial charge in [-0.05, 0) is 32.6 Å². The molecule has 0 aromatic carbocycles. The lowest BCUT2D eigenvalue weighted by atomic mass is 9.85. The second-order valence-electron chi connectivity index (χ2n) is 6.66. The molecule has 0 spiro atoms. The zero-order valence-electron chi connectivity index (χ0n) is 12.3. The molecule has 1 heterocycles. The smallest absolute Gasteiger partial charge is 0.0594 e. The number of morpholine rings is 1. The fourth-order valence-corrected chi connectivity index (χ4v) is 2.07. The highest BCUT2D eigenvalue weighted by Gasteiger charge is 2.27. The molecular weight excluding hydrogens is 212 g/mol. The standard InChI is InChI=1S/C14H30N2O/c1-6-14(5,11-15-13(2,3)4)12-16-7-9-17-10-8-16/h15H,6-12H2,1-5H3. The van der Waals surface area contributed by atoms with Gasteiger partial charge >= 0.3 is 0 Å². The van der Waals surface area contributed by atoms with Gasteiger partial charge in [-0.3, -0.25) is 4.90 Å². The molecule has 3 heteroatoms. The summed E-state index contributed by atoms with van der Waals surface area (Å²) in [5.74, 6) is 0. The van der Waals surface area contributed by atoms with E-state index in [1.165, 1.54) is 13.0 Å². The Morgan fingerprint density at radius 1 is 1.12 bits per heavy atom. The molecule has 0 aliphatic carbocycles. The van der Waals surface area contributed by atoms with Gasteiger partial charge < -0.3 is 10.1 Å². The number of hydrogen-bond donors (Lipinski definition) is 1. The van der Waals surface area contributed by atoms with Crippen molar-refractivity contribution < 1.29 is 4.74 Å². The van der Waals surface area contributed by atoms with Crippen LogP contribution in [0.2, 0.25) is 0 Å². The largest absolute Gasteiger partial charge is 0.379 e. The second kappa shape index (κ2) is 6.17. The van der Waals surface area contributed by atoms with Crippen molar-refractivity contribution in [2.75, 3.05) is 39.4 Å². The van der Waals surface area contributed by atoms with Crippen LogP contribution in [0.25, 0.3) is 0 Å². The summed E-state index contributed by atoms with van der Waals surface area (Å²) in [6.07, 6.45) is 1.22. The fraction of sp³-hybridized carbons (Fsp3) is 1.00. The molecule has 3 nitrogen and oxygen atoms in total. The number of ether oxygens (including phenoxy) is 1. The van der Waals surface area contributed by atoms with Gasteiger partial charge in [-0.25, -0.2) is 0 Å². The summed E-state index contributed by atoms with van der Waals surface area (Å²) in [4.78, 5) is 2.54. The molecule has 1 rings (SSSR count). The quantitative estimate of drug-likeness (QED) is 0.799. The van der Waals surface area contributed by atoms with Crippen LogP contribution < -0.4 is 5.32 Å². The Morgan fingerprint density at radius 2 is 1.71 bits per heavy atom. The molecule has 17 heavy (non-hydrogen) atoms. The lowest BCUT2D eigenvalue weighted by molar-refractivity contribution is 0.0169. The summed E-state index contributed by atoms with van der Waals surface area (Å²) >= 11 is 0. The van der Waals surface area contributed by atoms with Gasteiger partial charge in [0.15, 0.2) is 0 Å². The van der Waals surface area contributed by atoms with Crippen LogP contribution in [0.1, 0.15) is 41.0 Å². The third kappa shape index (κ3) is 5.84. The molecule has 1 aliphatic heterocycles. The van der Waals surface area contributed by atoms with Crippen molar-refractivity contribution in [1.82, 2.24) is 10.2 Å². The Balaban J connectivity index is 2.43. The van der Waals surface area contributed by atoms with Crippen LogP contribution in [0.15, 0.2) is 0 Å². The summed E-state index contributed by atoms with van der Waals surface area (Å²) in [6, 6.07) is 0. The highest BCUT2D eigenvalue weighted by molar-refractivity contribution is 4.83. The summed E-state index contributed by atoms with van der Waals surface area (Å²) in [5.41, 5.74) is 0.575. The average molecular weight is 242 g/mol. The van der Waals surface area contributed by atoms with Gasteiger partial charge in [-0.15, -0.1) is 0 Å². The first kappa shape index (κ1) is 14.9. The Hall–Kier alpha value is -0.120. The third-order valence-corrected chi connectivity index (χ3v) is 3.61. The van der Waals surface area contributed by atoms with Crippen molar-refractivity contribution in [2.45, 2.75) is 46.6 Å². The van der Waals surface area contributed by atoms with E-state index in [0.717, 1.165) is 32.8 Å². The Kier molecular flexibility index (Phi) is 5.42. The minimum Gasteiger partial charge on any atom is -0.379 e. The molecule has 1 saturated heterocycles. The van der Waals surface area contributed by atoms with E-state index in [1.807, 2.05) is 0 Å². The third-order valence-electron chi connectivity index (χ3n) is 3.61. The topological polar surface area (TPSA) is 24.5 Å². The molecule has 1 fully saturated rings. The van der Waals surface area contributed by atoms with Crippen LogP contribution in [0.4, 0.5) is 0 Å². The van der Waals surface area contributed by atoms with E-state index in [1.54, 1.807) is 0 Å². The van der Waals surface area contributed by atoms with Gasteiger partial charge in [-0.1, -0.05) is 13.8 Å². The van der Waals surface area contributed by atoms with Gasteiger partial charge in [0.1, 0.15) is 0 Å². The van der Waals surface area contributed by atoms with E-state index in [2.05, 4.69) is 44.8 Å². The number of nitrogens with one attached hydrogen (secondary N) is 1. The van der Waals surface area contributed by atoms with E-state index in [-0.39, 0.29) is 5.54 Å². The highest BCUT2D eigenvalue weighted by Crippen LogP contribution is 2.23. The van der Waals surface area contributed by atoms with Crippen molar-refractivity contribution in [1.29, 1.82) is 0 Å². The van der Waals surface area contributed by atoms with E-state index in [9.17, 15) is 0 Å². The van der Waals surface area contributed by atoms with E-state index in [4.69, 9.17) is 4.74 Å². The predicted molar refractivity (Wildman–Crippen MR) is 73.4 cm³/mol. The van der Waals surface area contributed by atoms with E-state index in [0.29, 0.717) is 5.41 Å². The summed E-state index contributed by atoms with van der Waals surface area (Å²) in [7, 11) is 0. The molecular formula is C14H30N2O. The minimum absolute atomic E-state index is 0.210. The van der Waals surface area contributed by atoms with E-state index >= 15 is 0 Å². The van der Waals surface area contributed by atoms with Crippen LogP contribution in [0.5, 0.6) is 0 Å². The van der Waals surface area contributed by atoms with Gasteiger partial charge in [0, 0.05) is 31.7 Å². The van der Waals surface area contributed by atoms with Gasteiger partial charge in [0.25, 0.3) is 0 Å². The van der Waals surface area contributed by atoms with Crippen LogP contribution in [0.3, 0.4) is 0 Å². The zero-order chi connectivity index (χ0) is 12.9. The molecule has 1 aliphatic rings. The molecule has 1 atom stereocenters. The molecule has 0 bridgehead atoms. The Labute approximate surface area is 107 Å². The second-order valence-corrected chi connectivity index (χ2v) is 6.66. The first-order chi connectivity index (χ1) is 7.85. The van der Waals surface area contributed by atoms with Crippen molar-refractivity contribution in [3.8, 4) is 0 Å². The number of hydrogen-bond acceptors (Lipinski definition) is 3. The number of nitrogens with zero attached hydrogens (tertiary/aromatic N) is 1. The van der Waals surface area contributed by atoms with Gasteiger partial charge in [0.2, 0.25) is 0 Å². The minimum atomic E-state index is 0.210. The van der Waals surface area contributed by atoms with Crippen LogP contribution in [0, 0.1) is 5.41 Å². The molecule has 102 valence electrons. The lowest BCUT2D eigenvalue weighted by Crippen LogP contribution is -2.49. The van der Waals surface area contributed by atoms with E-state index < -0.39 is 0 Å². The molecule has 0 saturated carbocycles. The lowest BCUT2D eigenvalue weighted by Gasteiger charge is -2.38. The van der Waals surface area contributed by atoms with Crippen molar-refractivity contribution >= 4 is 0 Å². The maximum absolute atomic E-state index is 5.40. The van der Waals surface area contributed by atoms with Crippen LogP contribution in [-0.2, 0) is 4.74 Å². The number of rotatable bonds is 5. The summed E-state index contributed by atoms with van der Waals surface area (Å²) < 4.78 is 5.40. The van der Waals surface area contributed by atoms with Crippen molar-refractivity contribution in [3.05, 3.63) is 0 Å². The SMILES string of the molecule is CCC(C)(CNC(C)(C)C)CN1CCOCC1.